The van der Waals surface area contributed by atoms with Crippen molar-refractivity contribution in [3.8, 4) is 0 Å². The van der Waals surface area contributed by atoms with Gasteiger partial charge in [-0.25, -0.2) is 0 Å². The largest absolute Gasteiger partial charge is 0.382 e. The van der Waals surface area contributed by atoms with Crippen LogP contribution >= 0.6 is 0 Å². The average molecular weight is 327 g/mol. The zero-order chi connectivity index (χ0) is 17.3. The number of amides is 1. The molecule has 1 N–H and O–H groups in total. The number of rotatable bonds is 9. The highest BCUT2D eigenvalue weighted by Gasteiger charge is 2.29. The quantitative estimate of drug-likeness (QED) is 0.721. The van der Waals surface area contributed by atoms with E-state index in [0.717, 1.165) is 11.1 Å². The first-order chi connectivity index (χ1) is 11.7. The van der Waals surface area contributed by atoms with Gasteiger partial charge in [0.25, 0.3) is 0 Å². The van der Waals surface area contributed by atoms with E-state index in [0.29, 0.717) is 19.8 Å². The Labute approximate surface area is 143 Å². The maximum absolute atomic E-state index is 12.0. The van der Waals surface area contributed by atoms with Gasteiger partial charge in [0.05, 0.1) is 13.2 Å². The van der Waals surface area contributed by atoms with E-state index in [9.17, 15) is 4.79 Å². The zero-order valence-electron chi connectivity index (χ0n) is 14.3. The molecule has 0 bridgehead atoms. The molecule has 0 aromatic heterocycles. The Balaban J connectivity index is 2.07. The first-order valence-corrected chi connectivity index (χ1v) is 8.11. The van der Waals surface area contributed by atoms with Gasteiger partial charge in [0, 0.05) is 19.1 Å². The lowest BCUT2D eigenvalue weighted by atomic mass is 9.76. The molecule has 2 rings (SSSR count). The molecule has 0 radical (unpaired) electrons. The van der Waals surface area contributed by atoms with Crippen molar-refractivity contribution in [2.45, 2.75) is 12.3 Å². The molecular weight excluding hydrogens is 302 g/mol. The maximum Gasteiger partial charge on any atom is 0.246 e. The van der Waals surface area contributed by atoms with Crippen LogP contribution in [0, 0.1) is 0 Å². The summed E-state index contributed by atoms with van der Waals surface area (Å²) in [6.45, 7) is 3.60. The Bertz CT molecular complexity index is 574. The fraction of sp³-hybridized carbons (Fsp3) is 0.350. The van der Waals surface area contributed by atoms with Gasteiger partial charge in [0.1, 0.15) is 6.61 Å². The molecule has 0 spiro atoms. The Kier molecular flexibility index (Phi) is 6.97. The molecule has 0 saturated carbocycles. The van der Waals surface area contributed by atoms with E-state index in [-0.39, 0.29) is 17.9 Å². The normalized spacial score (nSPS) is 11.2. The van der Waals surface area contributed by atoms with Crippen LogP contribution in [-0.2, 0) is 19.7 Å². The van der Waals surface area contributed by atoms with Gasteiger partial charge in [-0.2, -0.15) is 0 Å². The van der Waals surface area contributed by atoms with Crippen molar-refractivity contribution in [2.24, 2.45) is 0 Å². The van der Waals surface area contributed by atoms with Gasteiger partial charge in [-0.3, -0.25) is 4.79 Å². The van der Waals surface area contributed by atoms with E-state index in [1.807, 2.05) is 36.4 Å². The van der Waals surface area contributed by atoms with Gasteiger partial charge >= 0.3 is 0 Å². The molecule has 2 aromatic rings. The van der Waals surface area contributed by atoms with Crippen LogP contribution in [0.3, 0.4) is 0 Å². The molecule has 0 aliphatic carbocycles. The number of methoxy groups -OCH3 is 1. The second-order valence-corrected chi connectivity index (χ2v) is 5.89. The van der Waals surface area contributed by atoms with Crippen LogP contribution in [0.4, 0.5) is 0 Å². The summed E-state index contributed by atoms with van der Waals surface area (Å²) in [5, 5.41) is 2.99. The first-order valence-electron chi connectivity index (χ1n) is 8.11. The Morgan fingerprint density at radius 3 is 2.00 bits per heavy atom. The predicted octanol–water partition coefficient (Wildman–Crippen LogP) is 2.77. The van der Waals surface area contributed by atoms with Crippen LogP contribution in [0.5, 0.6) is 0 Å². The predicted molar refractivity (Wildman–Crippen MR) is 95.0 cm³/mol. The number of hydrogen-bond donors (Lipinski definition) is 1. The standard InChI is InChI=1S/C20H25NO3/c1-20(17-9-5-3-6-10-17,18-11-7-4-8-12-18)16-21-19(22)15-24-14-13-23-2/h3-12H,13-16H2,1-2H3,(H,21,22). The average Bonchev–Trinajstić information content (AvgIpc) is 2.65. The number of nitrogens with one attached hydrogen (secondary N) is 1. The van der Waals surface area contributed by atoms with E-state index in [1.165, 1.54) is 0 Å². The molecule has 0 unspecified atom stereocenters. The van der Waals surface area contributed by atoms with Crippen LogP contribution < -0.4 is 5.32 Å². The highest BCUT2D eigenvalue weighted by molar-refractivity contribution is 5.77. The lowest BCUT2D eigenvalue weighted by molar-refractivity contribution is -0.126. The van der Waals surface area contributed by atoms with Crippen molar-refractivity contribution in [2.75, 3.05) is 33.5 Å². The fourth-order valence-corrected chi connectivity index (χ4v) is 2.62. The topological polar surface area (TPSA) is 47.6 Å². The van der Waals surface area contributed by atoms with E-state index in [2.05, 4.69) is 36.5 Å². The van der Waals surface area contributed by atoms with E-state index in [4.69, 9.17) is 9.47 Å². The minimum atomic E-state index is -0.301. The number of hydrogen-bond acceptors (Lipinski definition) is 3. The fourth-order valence-electron chi connectivity index (χ4n) is 2.62. The summed E-state index contributed by atoms with van der Waals surface area (Å²) in [6.07, 6.45) is 0. The Morgan fingerprint density at radius 2 is 1.50 bits per heavy atom. The van der Waals surface area contributed by atoms with Crippen LogP contribution in [-0.4, -0.2) is 39.4 Å². The van der Waals surface area contributed by atoms with Crippen molar-refractivity contribution < 1.29 is 14.3 Å². The van der Waals surface area contributed by atoms with Gasteiger partial charge < -0.3 is 14.8 Å². The molecule has 0 aliphatic heterocycles. The monoisotopic (exact) mass is 327 g/mol. The molecule has 0 heterocycles. The zero-order valence-corrected chi connectivity index (χ0v) is 14.3. The maximum atomic E-state index is 12.0. The van der Waals surface area contributed by atoms with Gasteiger partial charge in [-0.15, -0.1) is 0 Å². The highest BCUT2D eigenvalue weighted by atomic mass is 16.5. The summed E-state index contributed by atoms with van der Waals surface area (Å²) in [6, 6.07) is 20.4. The molecule has 0 saturated heterocycles. The van der Waals surface area contributed by atoms with Crippen molar-refractivity contribution in [1.29, 1.82) is 0 Å². The molecule has 2 aromatic carbocycles. The summed E-state index contributed by atoms with van der Waals surface area (Å²) in [5.41, 5.74) is 2.03. The molecule has 24 heavy (non-hydrogen) atoms. The molecular formula is C20H25NO3. The lowest BCUT2D eigenvalue weighted by Gasteiger charge is -2.31. The third kappa shape index (κ3) is 4.91. The lowest BCUT2D eigenvalue weighted by Crippen LogP contribution is -2.41. The number of benzene rings is 2. The third-order valence-electron chi connectivity index (χ3n) is 4.13. The summed E-state index contributed by atoms with van der Waals surface area (Å²) >= 11 is 0. The summed E-state index contributed by atoms with van der Waals surface area (Å²) < 4.78 is 10.2. The van der Waals surface area contributed by atoms with Crippen molar-refractivity contribution in [1.82, 2.24) is 5.32 Å². The van der Waals surface area contributed by atoms with Crippen molar-refractivity contribution >= 4 is 5.91 Å². The van der Waals surface area contributed by atoms with Crippen molar-refractivity contribution in [3.05, 3.63) is 71.8 Å². The molecule has 0 fully saturated rings. The van der Waals surface area contributed by atoms with Gasteiger partial charge in [0.2, 0.25) is 5.91 Å². The number of carbonyl (C=O) groups excluding carboxylic acids is 1. The SMILES string of the molecule is COCCOCC(=O)NCC(C)(c1ccccc1)c1ccccc1. The van der Waals surface area contributed by atoms with Crippen LogP contribution in [0.2, 0.25) is 0 Å². The van der Waals surface area contributed by atoms with Gasteiger partial charge in [-0.05, 0) is 18.1 Å². The minimum absolute atomic E-state index is 0.0447. The molecule has 4 nitrogen and oxygen atoms in total. The molecule has 0 atom stereocenters. The first kappa shape index (κ1) is 18.2. The van der Waals surface area contributed by atoms with Gasteiger partial charge in [0.15, 0.2) is 0 Å². The van der Waals surface area contributed by atoms with Crippen LogP contribution in [0.25, 0.3) is 0 Å². The van der Waals surface area contributed by atoms with E-state index >= 15 is 0 Å². The molecule has 128 valence electrons. The minimum Gasteiger partial charge on any atom is -0.382 e. The van der Waals surface area contributed by atoms with Gasteiger partial charge in [-0.1, -0.05) is 60.7 Å². The summed E-state index contributed by atoms with van der Waals surface area (Å²) in [5.74, 6) is -0.121. The van der Waals surface area contributed by atoms with Crippen molar-refractivity contribution in [3.63, 3.8) is 0 Å². The Morgan fingerprint density at radius 1 is 0.958 bits per heavy atom. The summed E-state index contributed by atoms with van der Waals surface area (Å²) in [7, 11) is 1.61. The number of ether oxygens (including phenoxy) is 2. The second kappa shape index (κ2) is 9.21. The van der Waals surface area contributed by atoms with E-state index in [1.54, 1.807) is 7.11 Å². The molecule has 4 heteroatoms. The second-order valence-electron chi connectivity index (χ2n) is 5.89. The smallest absolute Gasteiger partial charge is 0.246 e. The van der Waals surface area contributed by atoms with Crippen LogP contribution in [0.1, 0.15) is 18.1 Å². The van der Waals surface area contributed by atoms with Crippen LogP contribution in [0.15, 0.2) is 60.7 Å². The molecule has 0 aliphatic rings. The third-order valence-corrected chi connectivity index (χ3v) is 4.13. The summed E-state index contributed by atoms with van der Waals surface area (Å²) in [4.78, 5) is 12.0. The van der Waals surface area contributed by atoms with E-state index < -0.39 is 0 Å². The highest BCUT2D eigenvalue weighted by Crippen LogP contribution is 2.31. The Hall–Kier alpha value is -2.17. The number of carbonyl (C=O) groups is 1. The molecule has 1 amide bonds.